The number of thiophene rings is 1. The number of Topliss-reactive ketones (excluding diaryl/α,β-unsaturated/α-hetero) is 1. The zero-order chi connectivity index (χ0) is 23.5. The molecule has 8 heteroatoms. The monoisotopic (exact) mass is 491 g/mol. The Labute approximate surface area is 208 Å². The number of ketones is 1. The molecule has 5 rings (SSSR count). The average Bonchev–Trinajstić information content (AvgIpc) is 3.23. The maximum absolute atomic E-state index is 12.9. The quantitative estimate of drug-likeness (QED) is 0.364. The summed E-state index contributed by atoms with van der Waals surface area (Å²) in [5, 5.41) is 2.68. The van der Waals surface area contributed by atoms with Gasteiger partial charge in [0.1, 0.15) is 5.82 Å². The van der Waals surface area contributed by atoms with Crippen LogP contribution < -0.4 is 10.6 Å². The minimum atomic E-state index is 0.134. The molecule has 1 fully saturated rings. The number of nitrogens with two attached hydrogens (primary N) is 1. The number of pyridine rings is 2. The number of hydrogen-bond donors (Lipinski definition) is 1. The third kappa shape index (κ3) is 5.06. The fourth-order valence-electron chi connectivity index (χ4n) is 4.36. The van der Waals surface area contributed by atoms with Gasteiger partial charge in [-0.2, -0.15) is 0 Å². The molecule has 4 aromatic rings. The first kappa shape index (κ1) is 22.8. The van der Waals surface area contributed by atoms with Crippen molar-refractivity contribution >= 4 is 51.0 Å². The van der Waals surface area contributed by atoms with Gasteiger partial charge < -0.3 is 10.6 Å². The summed E-state index contributed by atoms with van der Waals surface area (Å²) in [7, 11) is 0. The Bertz CT molecular complexity index is 1300. The molecule has 4 heterocycles. The molecule has 0 unspecified atom stereocenters. The number of nitrogens with zero attached hydrogens (tertiary/aromatic N) is 4. The molecule has 174 valence electrons. The molecule has 0 aliphatic carbocycles. The van der Waals surface area contributed by atoms with Crippen molar-refractivity contribution in [3.05, 3.63) is 81.4 Å². The van der Waals surface area contributed by atoms with Gasteiger partial charge in [0.05, 0.1) is 9.90 Å². The van der Waals surface area contributed by atoms with Crippen LogP contribution in [-0.4, -0.2) is 46.8 Å². The highest BCUT2D eigenvalue weighted by atomic mass is 35.5. The Morgan fingerprint density at radius 3 is 2.62 bits per heavy atom. The van der Waals surface area contributed by atoms with Gasteiger partial charge in [-0.15, -0.1) is 11.3 Å². The highest BCUT2D eigenvalue weighted by molar-refractivity contribution is 7.14. The molecule has 0 spiro atoms. The van der Waals surface area contributed by atoms with Crippen molar-refractivity contribution in [2.24, 2.45) is 0 Å². The third-order valence-electron chi connectivity index (χ3n) is 6.30. The van der Waals surface area contributed by atoms with Gasteiger partial charge in [0.15, 0.2) is 5.78 Å². The van der Waals surface area contributed by atoms with Crippen LogP contribution in [-0.2, 0) is 13.0 Å². The summed E-state index contributed by atoms with van der Waals surface area (Å²) in [5.74, 6) is 0.662. The van der Waals surface area contributed by atoms with Crippen LogP contribution in [0.5, 0.6) is 0 Å². The summed E-state index contributed by atoms with van der Waals surface area (Å²) in [4.78, 5) is 27.7. The van der Waals surface area contributed by atoms with E-state index < -0.39 is 0 Å². The first-order valence-corrected chi connectivity index (χ1v) is 12.6. The van der Waals surface area contributed by atoms with Crippen LogP contribution in [0.4, 0.5) is 11.5 Å². The zero-order valence-electron chi connectivity index (χ0n) is 18.8. The number of carbonyl (C=O) groups excluding carboxylic acids is 1. The Morgan fingerprint density at radius 2 is 1.82 bits per heavy atom. The normalized spacial score (nSPS) is 14.6. The lowest BCUT2D eigenvalue weighted by Crippen LogP contribution is -2.45. The van der Waals surface area contributed by atoms with E-state index in [4.69, 9.17) is 17.3 Å². The van der Waals surface area contributed by atoms with E-state index in [1.54, 1.807) is 6.20 Å². The predicted octanol–water partition coefficient (Wildman–Crippen LogP) is 5.06. The summed E-state index contributed by atoms with van der Waals surface area (Å²) in [6, 6.07) is 14.0. The van der Waals surface area contributed by atoms with Crippen molar-refractivity contribution in [3.63, 3.8) is 0 Å². The molecule has 0 radical (unpaired) electrons. The minimum absolute atomic E-state index is 0.134. The lowest BCUT2D eigenvalue weighted by Gasteiger charge is -2.35. The Morgan fingerprint density at radius 1 is 1.03 bits per heavy atom. The second-order valence-electron chi connectivity index (χ2n) is 8.53. The SMILES string of the molecule is Nc1nccc2cc(CCC(=O)c3cc(Cl)c(CN4CCN(c5ccncc5)CC4)s3)ccc12. The lowest BCUT2D eigenvalue weighted by atomic mass is 10.0. The van der Waals surface area contributed by atoms with Crippen LogP contribution >= 0.6 is 22.9 Å². The molecule has 1 aliphatic heterocycles. The fraction of sp³-hybridized carbons (Fsp3) is 0.269. The van der Waals surface area contributed by atoms with Crippen molar-refractivity contribution in [1.29, 1.82) is 0 Å². The summed E-state index contributed by atoms with van der Waals surface area (Å²) in [5.41, 5.74) is 8.26. The number of benzene rings is 1. The first-order chi connectivity index (χ1) is 16.6. The summed E-state index contributed by atoms with van der Waals surface area (Å²) >= 11 is 8.05. The Kier molecular flexibility index (Phi) is 6.76. The van der Waals surface area contributed by atoms with E-state index in [9.17, 15) is 4.79 Å². The number of aryl methyl sites for hydroxylation is 1. The van der Waals surface area contributed by atoms with E-state index in [0.717, 1.165) is 58.8 Å². The number of carbonyl (C=O) groups is 1. The van der Waals surface area contributed by atoms with Gasteiger partial charge >= 0.3 is 0 Å². The van der Waals surface area contributed by atoms with E-state index in [1.807, 2.05) is 48.8 Å². The van der Waals surface area contributed by atoms with Crippen molar-refractivity contribution < 1.29 is 4.79 Å². The molecule has 6 nitrogen and oxygen atoms in total. The molecule has 34 heavy (non-hydrogen) atoms. The zero-order valence-corrected chi connectivity index (χ0v) is 20.4. The van der Waals surface area contributed by atoms with Gasteiger partial charge in [0.25, 0.3) is 0 Å². The predicted molar refractivity (Wildman–Crippen MR) is 140 cm³/mol. The standard InChI is InChI=1S/C26H26ClN5OS/c27-22-16-24(23(33)4-2-18-1-3-21-19(15-18)5-10-30-26(21)28)34-25(22)17-31-11-13-32(14-12-31)20-6-8-29-9-7-20/h1,3,5-10,15-16H,2,4,11-14,17H2,(H2,28,30). The summed E-state index contributed by atoms with van der Waals surface area (Å²) in [6.07, 6.45) is 6.50. The number of rotatable bonds is 7. The van der Waals surface area contributed by atoms with E-state index in [2.05, 4.69) is 25.8 Å². The third-order valence-corrected chi connectivity index (χ3v) is 7.91. The lowest BCUT2D eigenvalue weighted by molar-refractivity contribution is 0.0986. The van der Waals surface area contributed by atoms with Crippen molar-refractivity contribution in [2.75, 3.05) is 36.8 Å². The largest absolute Gasteiger partial charge is 0.383 e. The van der Waals surface area contributed by atoms with Gasteiger partial charge in [0.2, 0.25) is 0 Å². The van der Waals surface area contributed by atoms with Crippen LogP contribution in [0.2, 0.25) is 5.02 Å². The number of piperazine rings is 1. The molecular weight excluding hydrogens is 466 g/mol. The number of fused-ring (bicyclic) bond motifs is 1. The van der Waals surface area contributed by atoms with E-state index in [0.29, 0.717) is 23.7 Å². The fourth-order valence-corrected chi connectivity index (χ4v) is 5.77. The molecule has 2 N–H and O–H groups in total. The number of halogens is 1. The maximum Gasteiger partial charge on any atom is 0.173 e. The Hall–Kier alpha value is -3.00. The summed E-state index contributed by atoms with van der Waals surface area (Å²) in [6.45, 7) is 4.63. The molecule has 1 saturated heterocycles. The number of anilines is 2. The van der Waals surface area contributed by atoms with Crippen LogP contribution in [0.15, 0.2) is 61.1 Å². The van der Waals surface area contributed by atoms with Crippen molar-refractivity contribution in [2.45, 2.75) is 19.4 Å². The molecule has 0 atom stereocenters. The van der Waals surface area contributed by atoms with Crippen LogP contribution in [0, 0.1) is 0 Å². The number of nitrogen functional groups attached to an aromatic ring is 1. The van der Waals surface area contributed by atoms with Crippen LogP contribution in [0.1, 0.15) is 26.5 Å². The highest BCUT2D eigenvalue weighted by Crippen LogP contribution is 2.30. The van der Waals surface area contributed by atoms with Crippen molar-refractivity contribution in [3.8, 4) is 0 Å². The average molecular weight is 492 g/mol. The van der Waals surface area contributed by atoms with Crippen molar-refractivity contribution in [1.82, 2.24) is 14.9 Å². The van der Waals surface area contributed by atoms with Crippen LogP contribution in [0.25, 0.3) is 10.8 Å². The molecule has 0 amide bonds. The Balaban J connectivity index is 1.17. The smallest absolute Gasteiger partial charge is 0.173 e. The summed E-state index contributed by atoms with van der Waals surface area (Å²) < 4.78 is 0. The second kappa shape index (κ2) is 10.1. The van der Waals surface area contributed by atoms with E-state index >= 15 is 0 Å². The van der Waals surface area contributed by atoms with Gasteiger partial charge in [-0.05, 0) is 41.6 Å². The maximum atomic E-state index is 12.9. The molecule has 0 saturated carbocycles. The van der Waals surface area contributed by atoms with Crippen LogP contribution in [0.3, 0.4) is 0 Å². The molecule has 1 aliphatic rings. The molecule has 0 bridgehead atoms. The number of hydrogen-bond acceptors (Lipinski definition) is 7. The number of aromatic nitrogens is 2. The van der Waals surface area contributed by atoms with Gasteiger partial charge in [-0.1, -0.05) is 29.8 Å². The molecule has 3 aromatic heterocycles. The van der Waals surface area contributed by atoms with E-state index in [-0.39, 0.29) is 5.78 Å². The minimum Gasteiger partial charge on any atom is -0.383 e. The second-order valence-corrected chi connectivity index (χ2v) is 10.1. The highest BCUT2D eigenvalue weighted by Gasteiger charge is 2.20. The van der Waals surface area contributed by atoms with Gasteiger partial charge in [0, 0.05) is 73.7 Å². The van der Waals surface area contributed by atoms with Gasteiger partial charge in [-0.25, -0.2) is 4.98 Å². The van der Waals surface area contributed by atoms with Gasteiger partial charge in [-0.3, -0.25) is 14.7 Å². The molecular formula is C26H26ClN5OS. The van der Waals surface area contributed by atoms with E-state index in [1.165, 1.54) is 17.0 Å². The first-order valence-electron chi connectivity index (χ1n) is 11.4. The topological polar surface area (TPSA) is 75.3 Å². The molecule has 1 aromatic carbocycles.